The predicted molar refractivity (Wildman–Crippen MR) is 77.1 cm³/mol. The van der Waals surface area contributed by atoms with Crippen molar-refractivity contribution in [3.8, 4) is 0 Å². The van der Waals surface area contributed by atoms with Gasteiger partial charge in [0.15, 0.2) is 0 Å². The van der Waals surface area contributed by atoms with Crippen LogP contribution in [0.2, 0.25) is 0 Å². The van der Waals surface area contributed by atoms with E-state index >= 15 is 0 Å². The zero-order valence-electron chi connectivity index (χ0n) is 12.3. The molecule has 1 aliphatic heterocycles. The Morgan fingerprint density at radius 3 is 1.65 bits per heavy atom. The Balaban J connectivity index is 2.53. The topological polar surface area (TPSA) is 52.6 Å². The highest BCUT2D eigenvalue weighted by molar-refractivity contribution is 5.82. The summed E-state index contributed by atoms with van der Waals surface area (Å²) >= 11 is 0. The van der Waals surface area contributed by atoms with Crippen molar-refractivity contribution in [3.05, 3.63) is 24.3 Å². The number of rotatable bonds is 0. The van der Waals surface area contributed by atoms with Gasteiger partial charge in [-0.1, -0.05) is 12.2 Å². The van der Waals surface area contributed by atoms with Crippen LogP contribution in [0.25, 0.3) is 0 Å². The van der Waals surface area contributed by atoms with Gasteiger partial charge in [0.2, 0.25) is 0 Å². The van der Waals surface area contributed by atoms with E-state index in [-0.39, 0.29) is 24.1 Å². The van der Waals surface area contributed by atoms with Gasteiger partial charge in [-0.2, -0.15) is 0 Å². The first-order valence-corrected chi connectivity index (χ1v) is 7.32. The van der Waals surface area contributed by atoms with E-state index in [1.54, 1.807) is 0 Å². The number of hydrogen-bond acceptors (Lipinski definition) is 4. The van der Waals surface area contributed by atoms with Crippen molar-refractivity contribution in [2.45, 2.75) is 64.6 Å². The van der Waals surface area contributed by atoms with Crippen molar-refractivity contribution in [2.75, 3.05) is 0 Å². The minimum atomic E-state index is -0.278. The van der Waals surface area contributed by atoms with E-state index < -0.39 is 0 Å². The summed E-state index contributed by atoms with van der Waals surface area (Å²) in [6, 6.07) is 0. The SMILES string of the molecule is CC1CCC/C=C/C(=O)OC(C)CCC/C=C\C(=O)O1. The lowest BCUT2D eigenvalue weighted by Gasteiger charge is -2.12. The van der Waals surface area contributed by atoms with Gasteiger partial charge in [-0.15, -0.1) is 0 Å². The average Bonchev–Trinajstić information content (AvgIpc) is 2.36. The Hall–Kier alpha value is -1.58. The van der Waals surface area contributed by atoms with Crippen molar-refractivity contribution in [1.82, 2.24) is 0 Å². The number of ether oxygens (including phenoxy) is 2. The smallest absolute Gasteiger partial charge is 0.330 e. The molecule has 0 amide bonds. The van der Waals surface area contributed by atoms with E-state index in [0.29, 0.717) is 0 Å². The summed E-state index contributed by atoms with van der Waals surface area (Å²) in [6.07, 6.45) is 11.3. The number of cyclic esters (lactones) is 2. The van der Waals surface area contributed by atoms with E-state index in [2.05, 4.69) is 0 Å². The molecule has 0 spiro atoms. The van der Waals surface area contributed by atoms with E-state index in [1.165, 1.54) is 12.2 Å². The van der Waals surface area contributed by atoms with Crippen molar-refractivity contribution in [2.24, 2.45) is 0 Å². The summed E-state index contributed by atoms with van der Waals surface area (Å²) in [4.78, 5) is 23.0. The lowest BCUT2D eigenvalue weighted by atomic mass is 10.1. The van der Waals surface area contributed by atoms with E-state index in [4.69, 9.17) is 9.47 Å². The quantitative estimate of drug-likeness (QED) is 0.639. The van der Waals surface area contributed by atoms with Gasteiger partial charge in [-0.25, -0.2) is 9.59 Å². The van der Waals surface area contributed by atoms with Gasteiger partial charge in [0.05, 0.1) is 12.2 Å². The molecule has 2 unspecified atom stereocenters. The molecule has 4 heteroatoms. The molecule has 0 radical (unpaired) electrons. The highest BCUT2D eigenvalue weighted by atomic mass is 16.5. The van der Waals surface area contributed by atoms with Crippen LogP contribution in [0, 0.1) is 0 Å². The molecule has 112 valence electrons. The first-order valence-electron chi connectivity index (χ1n) is 7.32. The second kappa shape index (κ2) is 9.34. The van der Waals surface area contributed by atoms with Crippen molar-refractivity contribution < 1.29 is 19.1 Å². The number of hydrogen-bond donors (Lipinski definition) is 0. The minimum absolute atomic E-state index is 0.0968. The van der Waals surface area contributed by atoms with Crippen LogP contribution in [0.1, 0.15) is 52.4 Å². The molecule has 0 aliphatic carbocycles. The standard InChI is InChI=1S/C16H24O4/c1-13-9-5-3-7-12-16(18)20-14(2)10-6-4-8-11-15(17)19-13/h7-8,11-14H,3-6,9-10H2,1-2H3/b11-8-,12-7+. The Labute approximate surface area is 120 Å². The molecule has 0 aromatic heterocycles. The van der Waals surface area contributed by atoms with Gasteiger partial charge in [0.25, 0.3) is 0 Å². The minimum Gasteiger partial charge on any atom is -0.460 e. The van der Waals surface area contributed by atoms with Crippen LogP contribution in [-0.2, 0) is 19.1 Å². The first-order chi connectivity index (χ1) is 9.58. The lowest BCUT2D eigenvalue weighted by molar-refractivity contribution is -0.143. The first kappa shape index (κ1) is 16.5. The molecule has 0 N–H and O–H groups in total. The molecule has 0 bridgehead atoms. The van der Waals surface area contributed by atoms with Crippen molar-refractivity contribution in [3.63, 3.8) is 0 Å². The Morgan fingerprint density at radius 1 is 0.850 bits per heavy atom. The average molecular weight is 280 g/mol. The highest BCUT2D eigenvalue weighted by Gasteiger charge is 2.08. The molecule has 0 saturated carbocycles. The van der Waals surface area contributed by atoms with Crippen molar-refractivity contribution in [1.29, 1.82) is 0 Å². The van der Waals surface area contributed by atoms with Crippen molar-refractivity contribution >= 4 is 11.9 Å². The summed E-state index contributed by atoms with van der Waals surface area (Å²) in [6.45, 7) is 3.77. The molecule has 20 heavy (non-hydrogen) atoms. The molecule has 1 rings (SSSR count). The maximum Gasteiger partial charge on any atom is 0.330 e. The van der Waals surface area contributed by atoms with Gasteiger partial charge < -0.3 is 9.47 Å². The van der Waals surface area contributed by atoms with Crippen LogP contribution < -0.4 is 0 Å². The van der Waals surface area contributed by atoms with Crippen LogP contribution in [0.5, 0.6) is 0 Å². The second-order valence-corrected chi connectivity index (χ2v) is 5.16. The van der Waals surface area contributed by atoms with Gasteiger partial charge in [0, 0.05) is 12.2 Å². The summed E-state index contributed by atoms with van der Waals surface area (Å²) < 4.78 is 10.5. The Bertz CT molecular complexity index is 335. The second-order valence-electron chi connectivity index (χ2n) is 5.16. The van der Waals surface area contributed by atoms with Gasteiger partial charge in [-0.05, 0) is 52.4 Å². The summed E-state index contributed by atoms with van der Waals surface area (Å²) in [5.41, 5.74) is 0. The number of esters is 2. The molecule has 0 saturated heterocycles. The predicted octanol–water partition coefficient (Wildman–Crippen LogP) is 3.32. The summed E-state index contributed by atoms with van der Waals surface area (Å²) in [5, 5.41) is 0. The summed E-state index contributed by atoms with van der Waals surface area (Å²) in [7, 11) is 0. The Kier molecular flexibility index (Phi) is 7.70. The molecular weight excluding hydrogens is 256 g/mol. The molecule has 0 aromatic carbocycles. The fourth-order valence-corrected chi connectivity index (χ4v) is 2.00. The third-order valence-corrected chi connectivity index (χ3v) is 3.11. The van der Waals surface area contributed by atoms with Crippen LogP contribution >= 0.6 is 0 Å². The van der Waals surface area contributed by atoms with Crippen LogP contribution in [0.4, 0.5) is 0 Å². The molecular formula is C16H24O4. The van der Waals surface area contributed by atoms with Gasteiger partial charge >= 0.3 is 11.9 Å². The number of carbonyl (C=O) groups is 2. The number of allylic oxidation sites excluding steroid dienone is 2. The fourth-order valence-electron chi connectivity index (χ4n) is 2.00. The normalized spacial score (nSPS) is 30.1. The van der Waals surface area contributed by atoms with E-state index in [0.717, 1.165) is 38.5 Å². The molecule has 2 atom stereocenters. The third-order valence-electron chi connectivity index (χ3n) is 3.11. The molecule has 0 fully saturated rings. The van der Waals surface area contributed by atoms with Crippen LogP contribution in [0.3, 0.4) is 0 Å². The van der Waals surface area contributed by atoms with Gasteiger partial charge in [-0.3, -0.25) is 0 Å². The number of carbonyl (C=O) groups excluding carboxylic acids is 2. The maximum absolute atomic E-state index is 11.5. The fraction of sp³-hybridized carbons (Fsp3) is 0.625. The zero-order chi connectivity index (χ0) is 14.8. The van der Waals surface area contributed by atoms with E-state index in [9.17, 15) is 9.59 Å². The van der Waals surface area contributed by atoms with Crippen LogP contribution in [-0.4, -0.2) is 24.1 Å². The molecule has 1 aliphatic rings. The largest absolute Gasteiger partial charge is 0.460 e. The zero-order valence-corrected chi connectivity index (χ0v) is 12.3. The lowest BCUT2D eigenvalue weighted by Crippen LogP contribution is -2.14. The Morgan fingerprint density at radius 2 is 1.25 bits per heavy atom. The summed E-state index contributed by atoms with van der Waals surface area (Å²) in [5.74, 6) is -0.556. The highest BCUT2D eigenvalue weighted by Crippen LogP contribution is 2.09. The molecule has 0 aromatic rings. The van der Waals surface area contributed by atoms with Gasteiger partial charge in [0.1, 0.15) is 0 Å². The third kappa shape index (κ3) is 7.77. The van der Waals surface area contributed by atoms with Crippen LogP contribution in [0.15, 0.2) is 24.3 Å². The molecule has 4 nitrogen and oxygen atoms in total. The monoisotopic (exact) mass is 280 g/mol. The van der Waals surface area contributed by atoms with E-state index in [1.807, 2.05) is 26.0 Å². The maximum atomic E-state index is 11.5. The molecule has 1 heterocycles.